The van der Waals surface area contributed by atoms with Gasteiger partial charge in [0, 0.05) is 23.0 Å². The van der Waals surface area contributed by atoms with Gasteiger partial charge in [-0.3, -0.25) is 4.79 Å². The van der Waals surface area contributed by atoms with Crippen LogP contribution in [0, 0.1) is 13.8 Å². The van der Waals surface area contributed by atoms with Gasteiger partial charge >= 0.3 is 5.97 Å². The Morgan fingerprint density at radius 1 is 1.31 bits per heavy atom. The molecule has 0 spiro atoms. The number of thiophene rings is 1. The Morgan fingerprint density at radius 2 is 2.15 bits per heavy atom. The Kier molecular flexibility index (Phi) is 5.53. The van der Waals surface area contributed by atoms with Gasteiger partial charge in [0.15, 0.2) is 6.61 Å². The second kappa shape index (κ2) is 8.01. The number of furan rings is 1. The topological polar surface area (TPSA) is 61.4 Å². The summed E-state index contributed by atoms with van der Waals surface area (Å²) in [5.74, 6) is 0.0609. The molecule has 0 aliphatic carbocycles. The highest BCUT2D eigenvalue weighted by molar-refractivity contribution is 7.08. The second-order valence-corrected chi connectivity index (χ2v) is 6.65. The van der Waals surface area contributed by atoms with Crippen LogP contribution < -0.4 is 0 Å². The predicted octanol–water partition coefficient (Wildman–Crippen LogP) is 4.25. The fraction of sp³-hybridized carbons (Fsp3) is 0.200. The van der Waals surface area contributed by atoms with Gasteiger partial charge < -0.3 is 13.7 Å². The average molecular weight is 369 g/mol. The van der Waals surface area contributed by atoms with Gasteiger partial charge in [-0.25, -0.2) is 4.79 Å². The van der Waals surface area contributed by atoms with E-state index in [0.717, 1.165) is 22.7 Å². The van der Waals surface area contributed by atoms with Crippen molar-refractivity contribution >= 4 is 29.2 Å². The number of aryl methyl sites for hydroxylation is 1. The van der Waals surface area contributed by atoms with Gasteiger partial charge in [0.25, 0.3) is 0 Å². The molecule has 0 fully saturated rings. The molecule has 3 heterocycles. The number of carbonyl (C=O) groups excluding carboxylic acids is 2. The van der Waals surface area contributed by atoms with Crippen molar-refractivity contribution < 1.29 is 18.7 Å². The molecule has 5 nitrogen and oxygen atoms in total. The molecular weight excluding hydrogens is 350 g/mol. The highest BCUT2D eigenvalue weighted by Gasteiger charge is 2.17. The third-order valence-corrected chi connectivity index (χ3v) is 4.77. The van der Waals surface area contributed by atoms with Crippen molar-refractivity contribution in [1.82, 2.24) is 4.57 Å². The standard InChI is InChI=1S/C20H19NO4S/c1-14-10-18(15(2)21(14)11-17-4-3-8-24-17)19(22)12-25-20(23)6-5-16-7-9-26-13-16/h3-10,13H,11-12H2,1-2H3/b6-5+. The number of rotatable bonds is 7. The van der Waals surface area contributed by atoms with E-state index in [4.69, 9.17) is 9.15 Å². The van der Waals surface area contributed by atoms with E-state index in [1.807, 2.05) is 53.4 Å². The number of carbonyl (C=O) groups is 2. The molecular formula is C20H19NO4S. The third kappa shape index (κ3) is 4.21. The summed E-state index contributed by atoms with van der Waals surface area (Å²) in [5, 5.41) is 3.84. The van der Waals surface area contributed by atoms with Crippen LogP contribution in [0.5, 0.6) is 0 Å². The van der Waals surface area contributed by atoms with Crippen molar-refractivity contribution in [2.45, 2.75) is 20.4 Å². The molecule has 3 aromatic heterocycles. The summed E-state index contributed by atoms with van der Waals surface area (Å²) >= 11 is 1.55. The number of ketones is 1. The van der Waals surface area contributed by atoms with E-state index in [0.29, 0.717) is 12.1 Å². The first kappa shape index (κ1) is 17.9. The van der Waals surface area contributed by atoms with Crippen LogP contribution in [0.25, 0.3) is 6.08 Å². The number of Topliss-reactive ketones (excluding diaryl/α,β-unsaturated/α-hetero) is 1. The van der Waals surface area contributed by atoms with E-state index in [-0.39, 0.29) is 12.4 Å². The number of aromatic nitrogens is 1. The second-order valence-electron chi connectivity index (χ2n) is 5.87. The summed E-state index contributed by atoms with van der Waals surface area (Å²) in [6.45, 7) is 4.09. The number of hydrogen-bond acceptors (Lipinski definition) is 5. The molecule has 0 N–H and O–H groups in total. The Hall–Kier alpha value is -2.86. The van der Waals surface area contributed by atoms with Crippen molar-refractivity contribution in [2.24, 2.45) is 0 Å². The van der Waals surface area contributed by atoms with Crippen molar-refractivity contribution in [3.8, 4) is 0 Å². The summed E-state index contributed by atoms with van der Waals surface area (Å²) in [4.78, 5) is 24.2. The zero-order valence-electron chi connectivity index (χ0n) is 14.6. The quantitative estimate of drug-likeness (QED) is 0.355. The minimum absolute atomic E-state index is 0.221. The molecule has 134 valence electrons. The highest BCUT2D eigenvalue weighted by atomic mass is 32.1. The maximum absolute atomic E-state index is 12.4. The molecule has 0 aromatic carbocycles. The summed E-state index contributed by atoms with van der Waals surface area (Å²) < 4.78 is 12.4. The van der Waals surface area contributed by atoms with Gasteiger partial charge in [-0.15, -0.1) is 0 Å². The third-order valence-electron chi connectivity index (χ3n) is 4.07. The van der Waals surface area contributed by atoms with Crippen LogP contribution in [-0.4, -0.2) is 22.9 Å². The molecule has 3 rings (SSSR count). The van der Waals surface area contributed by atoms with Gasteiger partial charge in [-0.05, 0) is 60.5 Å². The summed E-state index contributed by atoms with van der Waals surface area (Å²) in [7, 11) is 0. The number of ether oxygens (including phenoxy) is 1. The molecule has 0 saturated carbocycles. The monoisotopic (exact) mass is 369 g/mol. The van der Waals surface area contributed by atoms with Crippen LogP contribution in [-0.2, 0) is 16.1 Å². The van der Waals surface area contributed by atoms with Gasteiger partial charge in [-0.2, -0.15) is 11.3 Å². The lowest BCUT2D eigenvalue weighted by Gasteiger charge is -2.07. The highest BCUT2D eigenvalue weighted by Crippen LogP contribution is 2.18. The Balaban J connectivity index is 1.62. The first-order valence-electron chi connectivity index (χ1n) is 8.14. The van der Waals surface area contributed by atoms with Gasteiger partial charge in [0.05, 0.1) is 12.8 Å². The first-order valence-corrected chi connectivity index (χ1v) is 9.08. The number of esters is 1. The van der Waals surface area contributed by atoms with Crippen LogP contribution >= 0.6 is 11.3 Å². The lowest BCUT2D eigenvalue weighted by molar-refractivity contribution is -0.136. The first-order chi connectivity index (χ1) is 12.5. The fourth-order valence-corrected chi connectivity index (χ4v) is 3.31. The Labute approximate surface area is 155 Å². The van der Waals surface area contributed by atoms with E-state index in [9.17, 15) is 9.59 Å². The fourth-order valence-electron chi connectivity index (χ4n) is 2.68. The van der Waals surface area contributed by atoms with Gasteiger partial charge in [-0.1, -0.05) is 0 Å². The maximum atomic E-state index is 12.4. The molecule has 0 amide bonds. The maximum Gasteiger partial charge on any atom is 0.331 e. The molecule has 0 atom stereocenters. The van der Waals surface area contributed by atoms with Crippen LogP contribution in [0.1, 0.15) is 33.1 Å². The molecule has 6 heteroatoms. The minimum Gasteiger partial charge on any atom is -0.467 e. The summed E-state index contributed by atoms with van der Waals surface area (Å²) in [6.07, 6.45) is 4.62. The summed E-state index contributed by atoms with van der Waals surface area (Å²) in [6, 6.07) is 7.43. The normalized spacial score (nSPS) is 11.2. The molecule has 0 bridgehead atoms. The predicted molar refractivity (Wildman–Crippen MR) is 100 cm³/mol. The lowest BCUT2D eigenvalue weighted by Crippen LogP contribution is -2.13. The summed E-state index contributed by atoms with van der Waals surface area (Å²) in [5.41, 5.74) is 3.27. The number of nitrogens with zero attached hydrogens (tertiary/aromatic N) is 1. The molecule has 0 aliphatic heterocycles. The van der Waals surface area contributed by atoms with Crippen LogP contribution in [0.2, 0.25) is 0 Å². The molecule has 0 aliphatic rings. The average Bonchev–Trinajstić information content (AvgIpc) is 3.37. The molecule has 26 heavy (non-hydrogen) atoms. The van der Waals surface area contributed by atoms with E-state index < -0.39 is 5.97 Å². The van der Waals surface area contributed by atoms with E-state index in [1.54, 1.807) is 23.7 Å². The molecule has 0 saturated heterocycles. The smallest absolute Gasteiger partial charge is 0.331 e. The number of hydrogen-bond donors (Lipinski definition) is 0. The minimum atomic E-state index is -0.533. The molecule has 0 radical (unpaired) electrons. The SMILES string of the molecule is Cc1cc(C(=O)COC(=O)/C=C/c2ccsc2)c(C)n1Cc1ccco1. The van der Waals surface area contributed by atoms with Crippen molar-refractivity contribution in [3.05, 3.63) is 75.6 Å². The van der Waals surface area contributed by atoms with Gasteiger partial charge in [0.2, 0.25) is 5.78 Å². The van der Waals surface area contributed by atoms with Crippen molar-refractivity contribution in [2.75, 3.05) is 6.61 Å². The van der Waals surface area contributed by atoms with Crippen molar-refractivity contribution in [1.29, 1.82) is 0 Å². The van der Waals surface area contributed by atoms with Crippen LogP contribution in [0.3, 0.4) is 0 Å². The van der Waals surface area contributed by atoms with Crippen LogP contribution in [0.4, 0.5) is 0 Å². The Bertz CT molecular complexity index is 918. The zero-order chi connectivity index (χ0) is 18.5. The lowest BCUT2D eigenvalue weighted by atomic mass is 10.1. The zero-order valence-corrected chi connectivity index (χ0v) is 15.4. The van der Waals surface area contributed by atoms with Gasteiger partial charge in [0.1, 0.15) is 5.76 Å². The van der Waals surface area contributed by atoms with Crippen LogP contribution in [0.15, 0.2) is 51.8 Å². The largest absolute Gasteiger partial charge is 0.467 e. The molecule has 3 aromatic rings. The van der Waals surface area contributed by atoms with Crippen molar-refractivity contribution in [3.63, 3.8) is 0 Å². The molecule has 0 unspecified atom stereocenters. The van der Waals surface area contributed by atoms with E-state index in [1.165, 1.54) is 6.08 Å². The van der Waals surface area contributed by atoms with E-state index >= 15 is 0 Å². The van der Waals surface area contributed by atoms with E-state index in [2.05, 4.69) is 0 Å². The Morgan fingerprint density at radius 3 is 2.85 bits per heavy atom.